The summed E-state index contributed by atoms with van der Waals surface area (Å²) in [6.45, 7) is 2.32. The van der Waals surface area contributed by atoms with Crippen molar-refractivity contribution in [3.8, 4) is 6.07 Å². The fourth-order valence-corrected chi connectivity index (χ4v) is 1.69. The van der Waals surface area contributed by atoms with E-state index >= 15 is 0 Å². The van der Waals surface area contributed by atoms with E-state index in [1.54, 1.807) is 12.3 Å². The van der Waals surface area contributed by atoms with Crippen LogP contribution in [0, 0.1) is 18.3 Å². The zero-order valence-electron chi connectivity index (χ0n) is 10.7. The lowest BCUT2D eigenvalue weighted by Gasteiger charge is -2.02. The zero-order chi connectivity index (χ0) is 13.5. The Hall–Kier alpha value is -2.60. The highest BCUT2D eigenvalue weighted by molar-refractivity contribution is 5.81. The Morgan fingerprint density at radius 3 is 2.68 bits per heavy atom. The molecule has 0 aromatic heterocycles. The van der Waals surface area contributed by atoms with E-state index in [0.29, 0.717) is 12.2 Å². The van der Waals surface area contributed by atoms with E-state index < -0.39 is 0 Å². The molecule has 0 unspecified atom stereocenters. The number of benzene rings is 2. The maximum Gasteiger partial charge on any atom is 0.143 e. The third-order valence-corrected chi connectivity index (χ3v) is 2.81. The van der Waals surface area contributed by atoms with Gasteiger partial charge in [0.25, 0.3) is 0 Å². The van der Waals surface area contributed by atoms with Gasteiger partial charge < -0.3 is 4.84 Å². The first-order valence-electron chi connectivity index (χ1n) is 6.00. The molecule has 0 aliphatic rings. The van der Waals surface area contributed by atoms with Crippen molar-refractivity contribution in [1.82, 2.24) is 0 Å². The first kappa shape index (κ1) is 12.8. The van der Waals surface area contributed by atoms with Crippen LogP contribution in [0.25, 0.3) is 0 Å². The topological polar surface area (TPSA) is 45.4 Å². The fourth-order valence-electron chi connectivity index (χ4n) is 1.69. The third-order valence-electron chi connectivity index (χ3n) is 2.81. The number of hydrogen-bond donors (Lipinski definition) is 0. The van der Waals surface area contributed by atoms with Crippen molar-refractivity contribution in [2.24, 2.45) is 5.16 Å². The van der Waals surface area contributed by atoms with Crippen LogP contribution in [0.4, 0.5) is 0 Å². The normalized spacial score (nSPS) is 10.3. The third kappa shape index (κ3) is 3.43. The van der Waals surface area contributed by atoms with E-state index in [4.69, 9.17) is 10.1 Å². The molecule has 0 saturated heterocycles. The minimum Gasteiger partial charge on any atom is -0.391 e. The monoisotopic (exact) mass is 250 g/mol. The molecule has 0 saturated carbocycles. The van der Waals surface area contributed by atoms with Crippen LogP contribution in [0.3, 0.4) is 0 Å². The molecular weight excluding hydrogens is 236 g/mol. The van der Waals surface area contributed by atoms with Crippen molar-refractivity contribution in [2.75, 3.05) is 0 Å². The maximum atomic E-state index is 8.95. The average molecular weight is 250 g/mol. The number of rotatable bonds is 4. The summed E-state index contributed by atoms with van der Waals surface area (Å²) in [6.07, 6.45) is 1.68. The Kier molecular flexibility index (Phi) is 4.30. The van der Waals surface area contributed by atoms with Gasteiger partial charge in [-0.3, -0.25) is 0 Å². The van der Waals surface area contributed by atoms with Crippen LogP contribution < -0.4 is 0 Å². The summed E-state index contributed by atoms with van der Waals surface area (Å²) in [6, 6.07) is 17.4. The van der Waals surface area contributed by atoms with Gasteiger partial charge in [0.2, 0.25) is 0 Å². The molecule has 2 aromatic carbocycles. The van der Waals surface area contributed by atoms with Crippen molar-refractivity contribution in [1.29, 1.82) is 5.26 Å². The standard InChI is InChI=1S/C16H14N2O/c1-13-6-2-3-8-15(13)11-18-19-12-16-9-5-4-7-14(16)10-17/h2-9,11H,12H2,1H3/b18-11-. The van der Waals surface area contributed by atoms with Gasteiger partial charge in [0.1, 0.15) is 6.61 Å². The van der Waals surface area contributed by atoms with Crippen LogP contribution in [0.1, 0.15) is 22.3 Å². The van der Waals surface area contributed by atoms with E-state index in [1.165, 1.54) is 0 Å². The lowest BCUT2D eigenvalue weighted by Crippen LogP contribution is -1.92. The van der Waals surface area contributed by atoms with E-state index in [2.05, 4.69) is 11.2 Å². The average Bonchev–Trinajstić information content (AvgIpc) is 2.45. The van der Waals surface area contributed by atoms with E-state index in [-0.39, 0.29) is 0 Å². The lowest BCUT2D eigenvalue weighted by molar-refractivity contribution is 0.132. The first-order chi connectivity index (χ1) is 9.31. The van der Waals surface area contributed by atoms with E-state index in [0.717, 1.165) is 16.7 Å². The Bertz CT molecular complexity index is 627. The molecule has 0 fully saturated rings. The minimum atomic E-state index is 0.298. The molecule has 0 heterocycles. The molecule has 94 valence electrons. The number of nitriles is 1. The highest BCUT2D eigenvalue weighted by atomic mass is 16.6. The molecule has 0 radical (unpaired) electrons. The molecule has 2 aromatic rings. The van der Waals surface area contributed by atoms with Crippen molar-refractivity contribution < 1.29 is 4.84 Å². The van der Waals surface area contributed by atoms with Gasteiger partial charge in [-0.2, -0.15) is 5.26 Å². The van der Waals surface area contributed by atoms with Gasteiger partial charge in [-0.05, 0) is 24.1 Å². The van der Waals surface area contributed by atoms with E-state index in [1.807, 2.05) is 49.4 Å². The van der Waals surface area contributed by atoms with Gasteiger partial charge in [-0.15, -0.1) is 0 Å². The molecule has 0 bridgehead atoms. The first-order valence-corrected chi connectivity index (χ1v) is 6.00. The van der Waals surface area contributed by atoms with Crippen molar-refractivity contribution in [3.63, 3.8) is 0 Å². The van der Waals surface area contributed by atoms with E-state index in [9.17, 15) is 0 Å². The number of hydrogen-bond acceptors (Lipinski definition) is 3. The highest BCUT2D eigenvalue weighted by Crippen LogP contribution is 2.09. The summed E-state index contributed by atoms with van der Waals surface area (Å²) in [5.41, 5.74) is 3.63. The van der Waals surface area contributed by atoms with Gasteiger partial charge in [0, 0.05) is 5.56 Å². The Morgan fingerprint density at radius 1 is 1.16 bits per heavy atom. The Labute approximate surface area is 112 Å². The molecule has 0 amide bonds. The predicted molar refractivity (Wildman–Crippen MR) is 74.7 cm³/mol. The van der Waals surface area contributed by atoms with Crippen molar-refractivity contribution >= 4 is 6.21 Å². The second-order valence-corrected chi connectivity index (χ2v) is 4.13. The molecule has 0 spiro atoms. The molecule has 19 heavy (non-hydrogen) atoms. The maximum absolute atomic E-state index is 8.95. The van der Waals surface area contributed by atoms with Gasteiger partial charge in [-0.25, -0.2) is 0 Å². The summed E-state index contributed by atoms with van der Waals surface area (Å²) >= 11 is 0. The number of oxime groups is 1. The summed E-state index contributed by atoms with van der Waals surface area (Å²) < 4.78 is 0. The van der Waals surface area contributed by atoms with Crippen molar-refractivity contribution in [2.45, 2.75) is 13.5 Å². The van der Waals surface area contributed by atoms with Gasteiger partial charge >= 0.3 is 0 Å². The Balaban J connectivity index is 1.98. The molecule has 0 N–H and O–H groups in total. The van der Waals surface area contributed by atoms with Gasteiger partial charge in [-0.1, -0.05) is 47.6 Å². The Morgan fingerprint density at radius 2 is 1.89 bits per heavy atom. The summed E-state index contributed by atoms with van der Waals surface area (Å²) in [5.74, 6) is 0. The predicted octanol–water partition coefficient (Wildman–Crippen LogP) is 3.42. The van der Waals surface area contributed by atoms with Crippen LogP contribution in [-0.2, 0) is 11.4 Å². The summed E-state index contributed by atoms with van der Waals surface area (Å²) in [5, 5.41) is 12.9. The van der Waals surface area contributed by atoms with Gasteiger partial charge in [0.05, 0.1) is 17.8 Å². The largest absolute Gasteiger partial charge is 0.391 e. The molecule has 0 atom stereocenters. The molecule has 0 aliphatic carbocycles. The van der Waals surface area contributed by atoms with Crippen LogP contribution in [-0.4, -0.2) is 6.21 Å². The molecule has 3 nitrogen and oxygen atoms in total. The highest BCUT2D eigenvalue weighted by Gasteiger charge is 2.00. The zero-order valence-corrected chi connectivity index (χ0v) is 10.7. The number of nitrogens with zero attached hydrogens (tertiary/aromatic N) is 2. The van der Waals surface area contributed by atoms with Gasteiger partial charge in [0.15, 0.2) is 0 Å². The molecular formula is C16H14N2O. The molecule has 0 aliphatic heterocycles. The van der Waals surface area contributed by atoms with Crippen LogP contribution in [0.2, 0.25) is 0 Å². The fraction of sp³-hybridized carbons (Fsp3) is 0.125. The molecule has 2 rings (SSSR count). The minimum absolute atomic E-state index is 0.298. The quantitative estimate of drug-likeness (QED) is 0.616. The van der Waals surface area contributed by atoms with Crippen LogP contribution in [0.5, 0.6) is 0 Å². The smallest absolute Gasteiger partial charge is 0.143 e. The van der Waals surface area contributed by atoms with Crippen LogP contribution >= 0.6 is 0 Å². The van der Waals surface area contributed by atoms with Crippen molar-refractivity contribution in [3.05, 3.63) is 70.8 Å². The van der Waals surface area contributed by atoms with Crippen LogP contribution in [0.15, 0.2) is 53.7 Å². The molecule has 3 heteroatoms. The second-order valence-electron chi connectivity index (χ2n) is 4.13. The summed E-state index contributed by atoms with van der Waals surface area (Å²) in [4.78, 5) is 5.24. The second kappa shape index (κ2) is 6.36. The lowest BCUT2D eigenvalue weighted by atomic mass is 10.1. The number of aryl methyl sites for hydroxylation is 1. The summed E-state index contributed by atoms with van der Waals surface area (Å²) in [7, 11) is 0. The SMILES string of the molecule is Cc1ccccc1/C=N\OCc1ccccc1C#N.